The zero-order valence-electron chi connectivity index (χ0n) is 22.5. The summed E-state index contributed by atoms with van der Waals surface area (Å²) in [5, 5.41) is 0.547. The first-order chi connectivity index (χ1) is 14.4. The van der Waals surface area contributed by atoms with E-state index in [4.69, 9.17) is 0 Å². The van der Waals surface area contributed by atoms with Gasteiger partial charge in [0.25, 0.3) is 0 Å². The SMILES string of the molecule is CCCCCCCCCCCC[P+](C)(CCCCCCCCCCCC)C(C)(C)C. The second kappa shape index (κ2) is 20.1. The molecule has 1 heteroatoms. The van der Waals surface area contributed by atoms with Crippen molar-refractivity contribution in [1.29, 1.82) is 0 Å². The first-order valence-corrected chi connectivity index (χ1v) is 16.8. The zero-order valence-corrected chi connectivity index (χ0v) is 23.4. The van der Waals surface area contributed by atoms with Gasteiger partial charge in [0.15, 0.2) is 0 Å². The first-order valence-electron chi connectivity index (χ1n) is 14.2. The lowest BCUT2D eigenvalue weighted by Crippen LogP contribution is -2.24. The molecule has 0 aliphatic rings. The third kappa shape index (κ3) is 17.0. The quantitative estimate of drug-likeness (QED) is 0.116. The molecule has 0 aliphatic heterocycles. The van der Waals surface area contributed by atoms with Crippen LogP contribution in [0, 0.1) is 0 Å². The standard InChI is InChI=1S/C29H62P/c1-7-9-11-13-15-17-19-21-23-25-27-30(6,29(3,4)5)28-26-24-22-20-18-16-14-12-10-8-2/h7-28H2,1-6H3/q+1. The van der Waals surface area contributed by atoms with E-state index in [9.17, 15) is 0 Å². The maximum absolute atomic E-state index is 2.70. The van der Waals surface area contributed by atoms with E-state index in [0.717, 1.165) is 0 Å². The molecule has 0 fully saturated rings. The molecule has 0 saturated carbocycles. The van der Waals surface area contributed by atoms with Gasteiger partial charge < -0.3 is 0 Å². The highest BCUT2D eigenvalue weighted by Crippen LogP contribution is 2.66. The average molecular weight is 442 g/mol. The van der Waals surface area contributed by atoms with Gasteiger partial charge in [-0.15, -0.1) is 0 Å². The van der Waals surface area contributed by atoms with Crippen molar-refractivity contribution in [3.05, 3.63) is 0 Å². The van der Waals surface area contributed by atoms with E-state index < -0.39 is 7.26 Å². The Balaban J connectivity index is 3.81. The fraction of sp³-hybridized carbons (Fsp3) is 1.00. The van der Waals surface area contributed by atoms with Crippen molar-refractivity contribution in [2.45, 2.75) is 168 Å². The Morgan fingerprint density at radius 1 is 0.400 bits per heavy atom. The molecule has 0 radical (unpaired) electrons. The average Bonchev–Trinajstić information content (AvgIpc) is 2.70. The Bertz CT molecular complexity index is 317. The molecule has 30 heavy (non-hydrogen) atoms. The van der Waals surface area contributed by atoms with Crippen LogP contribution >= 0.6 is 7.26 Å². The van der Waals surface area contributed by atoms with Crippen molar-refractivity contribution in [2.24, 2.45) is 0 Å². The van der Waals surface area contributed by atoms with Crippen LogP contribution in [0.15, 0.2) is 0 Å². The van der Waals surface area contributed by atoms with Crippen molar-refractivity contribution in [3.8, 4) is 0 Å². The molecular weight excluding hydrogens is 379 g/mol. The van der Waals surface area contributed by atoms with E-state index in [2.05, 4.69) is 41.3 Å². The molecule has 0 bridgehead atoms. The van der Waals surface area contributed by atoms with Gasteiger partial charge in [0.1, 0.15) is 0 Å². The number of hydrogen-bond donors (Lipinski definition) is 0. The topological polar surface area (TPSA) is 0 Å². The summed E-state index contributed by atoms with van der Waals surface area (Å²) in [6.45, 7) is 14.9. The van der Waals surface area contributed by atoms with Crippen molar-refractivity contribution in [1.82, 2.24) is 0 Å². The van der Waals surface area contributed by atoms with E-state index in [1.807, 2.05) is 0 Å². The molecular formula is C29H62P+. The molecule has 0 aliphatic carbocycles. The van der Waals surface area contributed by atoms with Crippen LogP contribution in [-0.2, 0) is 0 Å². The van der Waals surface area contributed by atoms with Gasteiger partial charge in [-0.3, -0.25) is 0 Å². The van der Waals surface area contributed by atoms with Gasteiger partial charge in [-0.2, -0.15) is 0 Å². The Morgan fingerprint density at radius 2 is 0.633 bits per heavy atom. The highest BCUT2D eigenvalue weighted by atomic mass is 31.2. The Labute approximate surface area is 194 Å². The summed E-state index contributed by atoms with van der Waals surface area (Å²) in [4.78, 5) is 0. The Hall–Kier alpha value is 0.430. The normalized spacial score (nSPS) is 12.6. The summed E-state index contributed by atoms with van der Waals surface area (Å²) in [6, 6.07) is 0. The van der Waals surface area contributed by atoms with Crippen LogP contribution < -0.4 is 0 Å². The van der Waals surface area contributed by atoms with Crippen LogP contribution in [0.25, 0.3) is 0 Å². The van der Waals surface area contributed by atoms with E-state index in [1.165, 1.54) is 128 Å². The fourth-order valence-electron chi connectivity index (χ4n) is 4.68. The lowest BCUT2D eigenvalue weighted by Gasteiger charge is -2.36. The first kappa shape index (κ1) is 30.4. The number of rotatable bonds is 22. The molecule has 0 amide bonds. The minimum Gasteiger partial charge on any atom is -0.0654 e. The second-order valence-corrected chi connectivity index (χ2v) is 16.4. The molecule has 0 heterocycles. The molecule has 0 aromatic heterocycles. The Morgan fingerprint density at radius 3 is 0.867 bits per heavy atom. The van der Waals surface area contributed by atoms with Crippen LogP contribution in [-0.4, -0.2) is 24.1 Å². The predicted molar refractivity (Wildman–Crippen MR) is 146 cm³/mol. The van der Waals surface area contributed by atoms with Crippen LogP contribution in [0.3, 0.4) is 0 Å². The monoisotopic (exact) mass is 441 g/mol. The minimum absolute atomic E-state index is 0.547. The lowest BCUT2D eigenvalue weighted by atomic mass is 10.1. The van der Waals surface area contributed by atoms with Crippen LogP contribution in [0.4, 0.5) is 0 Å². The highest BCUT2D eigenvalue weighted by Gasteiger charge is 2.43. The van der Waals surface area contributed by atoms with Crippen molar-refractivity contribution in [3.63, 3.8) is 0 Å². The molecule has 182 valence electrons. The van der Waals surface area contributed by atoms with Gasteiger partial charge in [-0.05, 0) is 46.5 Å². The van der Waals surface area contributed by atoms with Gasteiger partial charge in [0.2, 0.25) is 0 Å². The van der Waals surface area contributed by atoms with Crippen molar-refractivity contribution < 1.29 is 0 Å². The number of hydrogen-bond acceptors (Lipinski definition) is 0. The summed E-state index contributed by atoms with van der Waals surface area (Å²) in [6.07, 6.45) is 32.4. The van der Waals surface area contributed by atoms with Gasteiger partial charge in [-0.25, -0.2) is 0 Å². The smallest absolute Gasteiger partial charge is 0.0654 e. The third-order valence-electron chi connectivity index (χ3n) is 7.63. The molecule has 0 spiro atoms. The predicted octanol–water partition coefficient (Wildman–Crippen LogP) is 11.3. The fourth-order valence-corrected chi connectivity index (χ4v) is 8.09. The summed E-state index contributed by atoms with van der Waals surface area (Å²) in [5.41, 5.74) is 0. The van der Waals surface area contributed by atoms with Gasteiger partial charge in [-0.1, -0.05) is 117 Å². The summed E-state index contributed by atoms with van der Waals surface area (Å²) >= 11 is 0. The number of unbranched alkanes of at least 4 members (excludes halogenated alkanes) is 18. The van der Waals surface area contributed by atoms with E-state index >= 15 is 0 Å². The van der Waals surface area contributed by atoms with E-state index in [-0.39, 0.29) is 0 Å². The van der Waals surface area contributed by atoms with Crippen molar-refractivity contribution in [2.75, 3.05) is 19.0 Å². The molecule has 0 nitrogen and oxygen atoms in total. The summed E-state index contributed by atoms with van der Waals surface area (Å²) in [7, 11) is -0.801. The minimum atomic E-state index is -0.801. The lowest BCUT2D eigenvalue weighted by molar-refractivity contribution is 0.560. The second-order valence-electron chi connectivity index (χ2n) is 11.4. The van der Waals surface area contributed by atoms with Crippen molar-refractivity contribution >= 4 is 7.26 Å². The molecule has 0 aromatic rings. The van der Waals surface area contributed by atoms with Crippen LogP contribution in [0.1, 0.15) is 163 Å². The highest BCUT2D eigenvalue weighted by molar-refractivity contribution is 7.76. The molecule has 0 atom stereocenters. The summed E-state index contributed by atoms with van der Waals surface area (Å²) in [5.74, 6) is 0. The maximum Gasteiger partial charge on any atom is 0.0713 e. The summed E-state index contributed by atoms with van der Waals surface area (Å²) < 4.78 is 0. The van der Waals surface area contributed by atoms with E-state index in [0.29, 0.717) is 5.16 Å². The molecule has 0 rings (SSSR count). The largest absolute Gasteiger partial charge is 0.0713 e. The van der Waals surface area contributed by atoms with Crippen LogP contribution in [0.2, 0.25) is 0 Å². The van der Waals surface area contributed by atoms with E-state index in [1.54, 1.807) is 12.3 Å². The van der Waals surface area contributed by atoms with Gasteiger partial charge in [0.05, 0.1) is 17.5 Å². The third-order valence-corrected chi connectivity index (χ3v) is 13.5. The maximum atomic E-state index is 2.70. The van der Waals surface area contributed by atoms with Gasteiger partial charge >= 0.3 is 0 Å². The molecule has 0 saturated heterocycles. The molecule has 0 N–H and O–H groups in total. The van der Waals surface area contributed by atoms with Gasteiger partial charge in [0, 0.05) is 13.9 Å². The van der Waals surface area contributed by atoms with Crippen LogP contribution in [0.5, 0.6) is 0 Å². The zero-order chi connectivity index (χ0) is 22.6. The molecule has 0 aromatic carbocycles. The Kier molecular flexibility index (Phi) is 20.4. The molecule has 0 unspecified atom stereocenters.